The monoisotopic (exact) mass is 299 g/mol. The van der Waals surface area contributed by atoms with Crippen molar-refractivity contribution in [3.8, 4) is 11.5 Å². The van der Waals surface area contributed by atoms with E-state index in [1.165, 1.54) is 0 Å². The lowest BCUT2D eigenvalue weighted by Crippen LogP contribution is -2.25. The Bertz CT molecular complexity index is 622. The van der Waals surface area contributed by atoms with Crippen LogP contribution in [0, 0.1) is 0 Å². The summed E-state index contributed by atoms with van der Waals surface area (Å²) in [5.74, 6) is -0.119. The van der Waals surface area contributed by atoms with Gasteiger partial charge in [0, 0.05) is 11.9 Å². The second-order valence-electron chi connectivity index (χ2n) is 4.88. The summed E-state index contributed by atoms with van der Waals surface area (Å²) in [6.45, 7) is 2.40. The lowest BCUT2D eigenvalue weighted by atomic mass is 9.88. The van der Waals surface area contributed by atoms with E-state index in [2.05, 4.69) is 0 Å². The first-order valence-corrected chi connectivity index (χ1v) is 7.21. The van der Waals surface area contributed by atoms with Gasteiger partial charge in [0.15, 0.2) is 11.5 Å². The number of benzene rings is 2. The Kier molecular flexibility index (Phi) is 5.42. The van der Waals surface area contributed by atoms with E-state index in [-0.39, 0.29) is 12.3 Å². The van der Waals surface area contributed by atoms with Crippen molar-refractivity contribution in [3.05, 3.63) is 59.7 Å². The smallest absolute Gasteiger partial charge is 0.161 e. The van der Waals surface area contributed by atoms with Crippen LogP contribution in [0.25, 0.3) is 0 Å². The average molecular weight is 299 g/mol. The number of carbonyl (C=O) groups is 1. The largest absolute Gasteiger partial charge is 0.550 e. The molecule has 0 aliphatic rings. The summed E-state index contributed by atoms with van der Waals surface area (Å²) in [6.07, 6.45) is -0.0814. The van der Waals surface area contributed by atoms with Gasteiger partial charge in [-0.15, -0.1) is 0 Å². The van der Waals surface area contributed by atoms with Crippen LogP contribution in [-0.4, -0.2) is 19.7 Å². The number of methoxy groups -OCH3 is 1. The maximum Gasteiger partial charge on any atom is 0.161 e. The zero-order chi connectivity index (χ0) is 15.9. The van der Waals surface area contributed by atoms with Crippen LogP contribution in [0.15, 0.2) is 48.5 Å². The molecule has 0 aliphatic heterocycles. The van der Waals surface area contributed by atoms with Crippen LogP contribution in [0.4, 0.5) is 0 Å². The Labute approximate surface area is 130 Å². The normalized spacial score (nSPS) is 11.7. The molecule has 4 nitrogen and oxygen atoms in total. The zero-order valence-corrected chi connectivity index (χ0v) is 12.7. The standard InChI is InChI=1S/C18H20O4/c1-3-22-17-11-14(9-10-16(17)21-2)15(12-18(19)20)13-7-5-4-6-8-13/h4-11,15H,3,12H2,1-2H3,(H,19,20)/p-1. The number of carboxylic acid groups (broad SMARTS) is 1. The molecule has 1 atom stereocenters. The molecule has 0 N–H and O–H groups in total. The quantitative estimate of drug-likeness (QED) is 0.787. The maximum atomic E-state index is 11.1. The number of carbonyl (C=O) groups excluding carboxylic acids is 1. The maximum absolute atomic E-state index is 11.1. The highest BCUT2D eigenvalue weighted by molar-refractivity contribution is 5.67. The molecule has 0 fully saturated rings. The summed E-state index contributed by atoms with van der Waals surface area (Å²) in [5, 5.41) is 11.1. The molecule has 0 saturated heterocycles. The van der Waals surface area contributed by atoms with E-state index in [4.69, 9.17) is 9.47 Å². The fraction of sp³-hybridized carbons (Fsp3) is 0.278. The lowest BCUT2D eigenvalue weighted by Gasteiger charge is -2.20. The van der Waals surface area contributed by atoms with Crippen LogP contribution in [0.2, 0.25) is 0 Å². The van der Waals surface area contributed by atoms with Crippen molar-refractivity contribution < 1.29 is 19.4 Å². The summed E-state index contributed by atoms with van der Waals surface area (Å²) < 4.78 is 10.8. The van der Waals surface area contributed by atoms with E-state index < -0.39 is 5.97 Å². The van der Waals surface area contributed by atoms with Crippen molar-refractivity contribution in [1.82, 2.24) is 0 Å². The number of aliphatic carboxylic acids is 1. The predicted octanol–water partition coefficient (Wildman–Crippen LogP) is 2.37. The molecule has 4 heteroatoms. The third-order valence-electron chi connectivity index (χ3n) is 3.46. The molecule has 0 aliphatic carbocycles. The van der Waals surface area contributed by atoms with Gasteiger partial charge in [0.1, 0.15) is 0 Å². The van der Waals surface area contributed by atoms with Crippen LogP contribution >= 0.6 is 0 Å². The van der Waals surface area contributed by atoms with E-state index in [1.807, 2.05) is 49.4 Å². The predicted molar refractivity (Wildman–Crippen MR) is 82.1 cm³/mol. The van der Waals surface area contributed by atoms with E-state index in [1.54, 1.807) is 13.2 Å². The van der Waals surface area contributed by atoms with Gasteiger partial charge in [-0.25, -0.2) is 0 Å². The zero-order valence-electron chi connectivity index (χ0n) is 12.7. The third kappa shape index (κ3) is 3.79. The van der Waals surface area contributed by atoms with Gasteiger partial charge in [0.05, 0.1) is 13.7 Å². The van der Waals surface area contributed by atoms with E-state index >= 15 is 0 Å². The molecule has 0 aromatic heterocycles. The van der Waals surface area contributed by atoms with Gasteiger partial charge in [0.25, 0.3) is 0 Å². The van der Waals surface area contributed by atoms with Gasteiger partial charge in [-0.05, 0) is 36.6 Å². The molecule has 116 valence electrons. The summed E-state index contributed by atoms with van der Waals surface area (Å²) in [6, 6.07) is 15.0. The molecule has 0 amide bonds. The second-order valence-corrected chi connectivity index (χ2v) is 4.88. The van der Waals surface area contributed by atoms with Gasteiger partial charge in [-0.2, -0.15) is 0 Å². The van der Waals surface area contributed by atoms with Crippen molar-refractivity contribution in [3.63, 3.8) is 0 Å². The molecule has 2 aromatic carbocycles. The van der Waals surface area contributed by atoms with Gasteiger partial charge >= 0.3 is 0 Å². The lowest BCUT2D eigenvalue weighted by molar-refractivity contribution is -0.305. The average Bonchev–Trinajstić information content (AvgIpc) is 2.53. The van der Waals surface area contributed by atoms with Crippen molar-refractivity contribution in [2.24, 2.45) is 0 Å². The number of ether oxygens (including phenoxy) is 2. The number of hydrogen-bond acceptors (Lipinski definition) is 4. The van der Waals surface area contributed by atoms with Gasteiger partial charge in [-0.3, -0.25) is 0 Å². The molecule has 2 rings (SSSR count). The molecule has 0 bridgehead atoms. The second kappa shape index (κ2) is 7.50. The molecule has 0 spiro atoms. The number of hydrogen-bond donors (Lipinski definition) is 0. The highest BCUT2D eigenvalue weighted by Crippen LogP contribution is 2.35. The van der Waals surface area contributed by atoms with Crippen LogP contribution < -0.4 is 14.6 Å². The molecule has 0 radical (unpaired) electrons. The summed E-state index contributed by atoms with van der Waals surface area (Å²) in [7, 11) is 1.58. The first kappa shape index (κ1) is 15.9. The minimum atomic E-state index is -1.08. The van der Waals surface area contributed by atoms with E-state index in [0.717, 1.165) is 11.1 Å². The molecular weight excluding hydrogens is 280 g/mol. The van der Waals surface area contributed by atoms with Gasteiger partial charge < -0.3 is 19.4 Å². The third-order valence-corrected chi connectivity index (χ3v) is 3.46. The first-order chi connectivity index (χ1) is 10.7. The molecule has 0 saturated carbocycles. The first-order valence-electron chi connectivity index (χ1n) is 7.21. The minimum Gasteiger partial charge on any atom is -0.550 e. The number of rotatable bonds is 7. The van der Waals surface area contributed by atoms with Crippen molar-refractivity contribution >= 4 is 5.97 Å². The Morgan fingerprint density at radius 3 is 2.41 bits per heavy atom. The Morgan fingerprint density at radius 1 is 1.09 bits per heavy atom. The van der Waals surface area contributed by atoms with E-state index in [9.17, 15) is 9.90 Å². The summed E-state index contributed by atoms with van der Waals surface area (Å²) in [4.78, 5) is 11.1. The Morgan fingerprint density at radius 2 is 1.82 bits per heavy atom. The Balaban J connectivity index is 2.43. The highest BCUT2D eigenvalue weighted by atomic mass is 16.5. The molecule has 1 unspecified atom stereocenters. The Hall–Kier alpha value is -2.49. The summed E-state index contributed by atoms with van der Waals surface area (Å²) >= 11 is 0. The van der Waals surface area contributed by atoms with Crippen molar-refractivity contribution in [2.75, 3.05) is 13.7 Å². The van der Waals surface area contributed by atoms with Crippen LogP contribution in [0.3, 0.4) is 0 Å². The molecule has 22 heavy (non-hydrogen) atoms. The van der Waals surface area contributed by atoms with Gasteiger partial charge in [0.2, 0.25) is 0 Å². The number of carboxylic acids is 1. The summed E-state index contributed by atoms with van der Waals surface area (Å²) in [5.41, 5.74) is 1.79. The molecule has 2 aromatic rings. The topological polar surface area (TPSA) is 58.6 Å². The SMILES string of the molecule is CCOc1cc(C(CC(=O)[O-])c2ccccc2)ccc1OC. The van der Waals surface area contributed by atoms with Crippen molar-refractivity contribution in [2.45, 2.75) is 19.3 Å². The molecular formula is C18H19O4-. The highest BCUT2D eigenvalue weighted by Gasteiger charge is 2.17. The van der Waals surface area contributed by atoms with Crippen molar-refractivity contribution in [1.29, 1.82) is 0 Å². The van der Waals surface area contributed by atoms with E-state index in [0.29, 0.717) is 18.1 Å². The van der Waals surface area contributed by atoms with Crippen LogP contribution in [-0.2, 0) is 4.79 Å². The minimum absolute atomic E-state index is 0.0814. The fourth-order valence-corrected chi connectivity index (χ4v) is 2.46. The molecule has 0 heterocycles. The van der Waals surface area contributed by atoms with Crippen LogP contribution in [0.1, 0.15) is 30.4 Å². The van der Waals surface area contributed by atoms with Gasteiger partial charge in [-0.1, -0.05) is 36.4 Å². The van der Waals surface area contributed by atoms with Crippen LogP contribution in [0.5, 0.6) is 11.5 Å². The fourth-order valence-electron chi connectivity index (χ4n) is 2.46.